The number of carbonyl (C=O) groups is 1. The maximum atomic E-state index is 11.4. The minimum Gasteiger partial charge on any atom is -0.480 e. The molecule has 1 aliphatic carbocycles. The van der Waals surface area contributed by atoms with Crippen LogP contribution < -0.4 is 0 Å². The number of hydrogen-bond acceptors (Lipinski definition) is 4. The molecule has 110 valence electrons. The fourth-order valence-electron chi connectivity index (χ4n) is 3.65. The van der Waals surface area contributed by atoms with Crippen molar-refractivity contribution < 1.29 is 19.7 Å². The summed E-state index contributed by atoms with van der Waals surface area (Å²) >= 11 is 0. The molecule has 19 heavy (non-hydrogen) atoms. The summed E-state index contributed by atoms with van der Waals surface area (Å²) in [6, 6.07) is 0.0680. The maximum absolute atomic E-state index is 11.4. The average molecular weight is 271 g/mol. The Morgan fingerprint density at radius 3 is 2.68 bits per heavy atom. The van der Waals surface area contributed by atoms with Crippen molar-refractivity contribution >= 4 is 5.97 Å². The second-order valence-corrected chi connectivity index (χ2v) is 5.62. The molecule has 0 radical (unpaired) electrons. The SMILES string of the molecule is O=C(O)C1CCC2CCCCC2N1CCOCCO. The van der Waals surface area contributed by atoms with Crippen molar-refractivity contribution in [1.29, 1.82) is 0 Å². The summed E-state index contributed by atoms with van der Waals surface area (Å²) in [5.74, 6) is -0.0339. The number of fused-ring (bicyclic) bond motifs is 1. The van der Waals surface area contributed by atoms with Gasteiger partial charge >= 0.3 is 5.97 Å². The van der Waals surface area contributed by atoms with Crippen LogP contribution in [0.15, 0.2) is 0 Å². The Balaban J connectivity index is 1.95. The van der Waals surface area contributed by atoms with Crippen LogP contribution in [0.3, 0.4) is 0 Å². The Kier molecular flexibility index (Phi) is 5.60. The van der Waals surface area contributed by atoms with Crippen LogP contribution >= 0.6 is 0 Å². The molecule has 1 saturated heterocycles. The van der Waals surface area contributed by atoms with Gasteiger partial charge in [-0.15, -0.1) is 0 Å². The Labute approximate surface area is 114 Å². The van der Waals surface area contributed by atoms with Crippen molar-refractivity contribution in [3.05, 3.63) is 0 Å². The number of aliphatic hydroxyl groups excluding tert-OH is 1. The van der Waals surface area contributed by atoms with Gasteiger partial charge in [-0.3, -0.25) is 9.69 Å². The van der Waals surface area contributed by atoms with Crippen molar-refractivity contribution in [3.63, 3.8) is 0 Å². The van der Waals surface area contributed by atoms with E-state index in [-0.39, 0.29) is 12.6 Å². The first-order chi connectivity index (χ1) is 9.24. The number of carboxylic acid groups (broad SMARTS) is 1. The second-order valence-electron chi connectivity index (χ2n) is 5.62. The van der Waals surface area contributed by atoms with Gasteiger partial charge in [0.05, 0.1) is 19.8 Å². The van der Waals surface area contributed by atoms with Crippen molar-refractivity contribution in [3.8, 4) is 0 Å². The minimum absolute atomic E-state index is 0.0222. The lowest BCUT2D eigenvalue weighted by molar-refractivity contribution is -0.148. The van der Waals surface area contributed by atoms with Gasteiger partial charge in [0, 0.05) is 12.6 Å². The lowest BCUT2D eigenvalue weighted by Crippen LogP contribution is -2.55. The first-order valence-corrected chi connectivity index (χ1v) is 7.41. The molecule has 0 amide bonds. The molecular weight excluding hydrogens is 246 g/mol. The predicted molar refractivity (Wildman–Crippen MR) is 71.0 cm³/mol. The van der Waals surface area contributed by atoms with Gasteiger partial charge in [0.2, 0.25) is 0 Å². The minimum atomic E-state index is -0.703. The van der Waals surface area contributed by atoms with Gasteiger partial charge in [0.15, 0.2) is 0 Å². The number of likely N-dealkylation sites (tertiary alicyclic amines) is 1. The quantitative estimate of drug-likeness (QED) is 0.708. The molecule has 5 nitrogen and oxygen atoms in total. The van der Waals surface area contributed by atoms with Crippen molar-refractivity contribution in [2.24, 2.45) is 5.92 Å². The highest BCUT2D eigenvalue weighted by atomic mass is 16.5. The summed E-state index contributed by atoms with van der Waals surface area (Å²) in [7, 11) is 0. The van der Waals surface area contributed by atoms with E-state index in [2.05, 4.69) is 4.90 Å². The average Bonchev–Trinajstić information content (AvgIpc) is 2.43. The van der Waals surface area contributed by atoms with E-state index in [1.54, 1.807) is 0 Å². The van der Waals surface area contributed by atoms with Crippen LogP contribution in [0.5, 0.6) is 0 Å². The van der Waals surface area contributed by atoms with Crippen LogP contribution in [0.2, 0.25) is 0 Å². The van der Waals surface area contributed by atoms with Crippen LogP contribution in [0, 0.1) is 5.92 Å². The standard InChI is InChI=1S/C14H25NO4/c16-8-10-19-9-7-15-12-4-2-1-3-11(12)5-6-13(15)14(17)18/h11-13,16H,1-10H2,(H,17,18). The van der Waals surface area contributed by atoms with Crippen LogP contribution in [0.25, 0.3) is 0 Å². The van der Waals surface area contributed by atoms with E-state index < -0.39 is 5.97 Å². The maximum Gasteiger partial charge on any atom is 0.320 e. The topological polar surface area (TPSA) is 70.0 Å². The summed E-state index contributed by atoms with van der Waals surface area (Å²) in [5.41, 5.74) is 0. The molecule has 1 aliphatic heterocycles. The second kappa shape index (κ2) is 7.22. The fraction of sp³-hybridized carbons (Fsp3) is 0.929. The molecule has 2 rings (SSSR count). The molecule has 2 aliphatic rings. The molecule has 1 heterocycles. The molecule has 0 bridgehead atoms. The Hall–Kier alpha value is -0.650. The van der Waals surface area contributed by atoms with Crippen molar-refractivity contribution in [2.75, 3.05) is 26.4 Å². The molecule has 2 fully saturated rings. The zero-order valence-electron chi connectivity index (χ0n) is 11.5. The number of rotatable bonds is 6. The van der Waals surface area contributed by atoms with E-state index >= 15 is 0 Å². The van der Waals surface area contributed by atoms with E-state index in [0.717, 1.165) is 19.3 Å². The van der Waals surface area contributed by atoms with Gasteiger partial charge in [-0.1, -0.05) is 12.8 Å². The Bertz CT molecular complexity index is 297. The van der Waals surface area contributed by atoms with Crippen LogP contribution in [-0.2, 0) is 9.53 Å². The van der Waals surface area contributed by atoms with Gasteiger partial charge in [-0.05, 0) is 31.6 Å². The van der Waals surface area contributed by atoms with Gasteiger partial charge in [0.25, 0.3) is 0 Å². The largest absolute Gasteiger partial charge is 0.480 e. The van der Waals surface area contributed by atoms with Crippen LogP contribution in [-0.4, -0.2) is 59.5 Å². The number of ether oxygens (including phenoxy) is 1. The summed E-state index contributed by atoms with van der Waals surface area (Å²) < 4.78 is 5.31. The molecule has 3 unspecified atom stereocenters. The van der Waals surface area contributed by atoms with E-state index in [1.807, 2.05) is 0 Å². The smallest absolute Gasteiger partial charge is 0.320 e. The van der Waals surface area contributed by atoms with Gasteiger partial charge in [0.1, 0.15) is 6.04 Å². The summed E-state index contributed by atoms with van der Waals surface area (Å²) in [4.78, 5) is 13.6. The zero-order chi connectivity index (χ0) is 13.7. The predicted octanol–water partition coefficient (Wildman–Crippen LogP) is 1.10. The lowest BCUT2D eigenvalue weighted by Gasteiger charge is -2.47. The first kappa shape index (κ1) is 14.8. The molecular formula is C14H25NO4. The number of hydrogen-bond donors (Lipinski definition) is 2. The number of carboxylic acids is 1. The van der Waals surface area contributed by atoms with Crippen molar-refractivity contribution in [1.82, 2.24) is 4.90 Å². The van der Waals surface area contributed by atoms with Gasteiger partial charge < -0.3 is 14.9 Å². The number of nitrogens with zero attached hydrogens (tertiary/aromatic N) is 1. The highest BCUT2D eigenvalue weighted by Gasteiger charge is 2.40. The highest BCUT2D eigenvalue weighted by molar-refractivity contribution is 5.73. The number of aliphatic hydroxyl groups is 1. The van der Waals surface area contributed by atoms with Gasteiger partial charge in [-0.2, -0.15) is 0 Å². The molecule has 1 saturated carbocycles. The Morgan fingerprint density at radius 1 is 1.16 bits per heavy atom. The Morgan fingerprint density at radius 2 is 1.95 bits per heavy atom. The third kappa shape index (κ3) is 3.68. The van der Waals surface area contributed by atoms with Crippen LogP contribution in [0.1, 0.15) is 38.5 Å². The zero-order valence-corrected chi connectivity index (χ0v) is 11.5. The molecule has 3 atom stereocenters. The lowest BCUT2D eigenvalue weighted by atomic mass is 9.76. The van der Waals surface area contributed by atoms with E-state index in [9.17, 15) is 9.90 Å². The summed E-state index contributed by atoms with van der Waals surface area (Å²) in [6.45, 7) is 1.53. The molecule has 2 N–H and O–H groups in total. The van der Waals surface area contributed by atoms with Crippen LogP contribution in [0.4, 0.5) is 0 Å². The molecule has 0 spiro atoms. The molecule has 0 aromatic rings. The highest BCUT2D eigenvalue weighted by Crippen LogP contribution is 2.37. The van der Waals surface area contributed by atoms with Crippen molar-refractivity contribution in [2.45, 2.75) is 50.6 Å². The third-order valence-corrected chi connectivity index (χ3v) is 4.52. The fourth-order valence-corrected chi connectivity index (χ4v) is 3.65. The normalized spacial score (nSPS) is 31.9. The molecule has 0 aromatic carbocycles. The summed E-state index contributed by atoms with van der Waals surface area (Å²) in [5, 5.41) is 18.1. The van der Waals surface area contributed by atoms with E-state index in [1.165, 1.54) is 19.3 Å². The monoisotopic (exact) mass is 271 g/mol. The molecule has 5 heteroatoms. The van der Waals surface area contributed by atoms with E-state index in [0.29, 0.717) is 31.7 Å². The first-order valence-electron chi connectivity index (χ1n) is 7.41. The summed E-state index contributed by atoms with van der Waals surface area (Å²) in [6.07, 6.45) is 6.67. The van der Waals surface area contributed by atoms with Gasteiger partial charge in [-0.25, -0.2) is 0 Å². The third-order valence-electron chi connectivity index (χ3n) is 4.52. The molecule has 0 aromatic heterocycles. The number of aliphatic carboxylic acids is 1. The number of piperidine rings is 1. The van der Waals surface area contributed by atoms with E-state index in [4.69, 9.17) is 9.84 Å².